The summed E-state index contributed by atoms with van der Waals surface area (Å²) >= 11 is 1.43. The lowest BCUT2D eigenvalue weighted by Gasteiger charge is -2.39. The SMILES string of the molecule is C[C@H]1CCC[C@H](C)N1CCCNC(=O)CN1C(=O)CSc2ncccc21. The smallest absolute Gasteiger partial charge is 0.240 e. The third kappa shape index (κ3) is 4.57. The molecule has 1 saturated heterocycles. The summed E-state index contributed by atoms with van der Waals surface area (Å²) in [4.78, 5) is 32.9. The van der Waals surface area contributed by atoms with Gasteiger partial charge in [-0.25, -0.2) is 4.98 Å². The summed E-state index contributed by atoms with van der Waals surface area (Å²) in [7, 11) is 0. The van der Waals surface area contributed by atoms with Crippen molar-refractivity contribution in [2.75, 3.05) is 30.3 Å². The summed E-state index contributed by atoms with van der Waals surface area (Å²) in [5, 5.41) is 3.78. The van der Waals surface area contributed by atoms with Gasteiger partial charge in [0, 0.05) is 31.4 Å². The number of anilines is 1. The Hall–Kier alpha value is -1.60. The molecular weight excluding hydrogens is 348 g/mol. The van der Waals surface area contributed by atoms with Gasteiger partial charge in [-0.15, -0.1) is 0 Å². The van der Waals surface area contributed by atoms with Gasteiger partial charge in [0.25, 0.3) is 0 Å². The molecule has 0 aromatic carbocycles. The Kier molecular flexibility index (Phi) is 6.53. The molecule has 0 unspecified atom stereocenters. The summed E-state index contributed by atoms with van der Waals surface area (Å²) in [5.74, 6) is 0.184. The number of piperidine rings is 1. The van der Waals surface area contributed by atoms with Crippen molar-refractivity contribution in [1.82, 2.24) is 15.2 Å². The molecule has 1 aromatic rings. The van der Waals surface area contributed by atoms with Crippen LogP contribution < -0.4 is 10.2 Å². The van der Waals surface area contributed by atoms with E-state index >= 15 is 0 Å². The van der Waals surface area contributed by atoms with Crippen molar-refractivity contribution in [1.29, 1.82) is 0 Å². The van der Waals surface area contributed by atoms with Gasteiger partial charge < -0.3 is 5.32 Å². The first kappa shape index (κ1) is 19.2. The third-order valence-corrected chi connectivity index (χ3v) is 6.25. The van der Waals surface area contributed by atoms with Gasteiger partial charge in [0.1, 0.15) is 11.6 Å². The normalized spacial score (nSPS) is 23.6. The molecule has 2 atom stereocenters. The number of amides is 2. The number of rotatable bonds is 6. The minimum atomic E-state index is -0.111. The van der Waals surface area contributed by atoms with E-state index in [1.54, 1.807) is 17.2 Å². The molecule has 1 aromatic heterocycles. The monoisotopic (exact) mass is 376 g/mol. The van der Waals surface area contributed by atoms with Gasteiger partial charge in [0.05, 0.1) is 11.4 Å². The molecule has 26 heavy (non-hydrogen) atoms. The zero-order valence-electron chi connectivity index (χ0n) is 15.6. The second kappa shape index (κ2) is 8.86. The lowest BCUT2D eigenvalue weighted by molar-refractivity contribution is -0.123. The van der Waals surface area contributed by atoms with Gasteiger partial charge in [-0.05, 0) is 45.2 Å². The maximum Gasteiger partial charge on any atom is 0.240 e. The van der Waals surface area contributed by atoms with Gasteiger partial charge in [-0.3, -0.25) is 19.4 Å². The van der Waals surface area contributed by atoms with E-state index in [4.69, 9.17) is 0 Å². The highest BCUT2D eigenvalue weighted by atomic mass is 32.2. The molecule has 0 saturated carbocycles. The maximum absolute atomic E-state index is 12.3. The third-order valence-electron chi connectivity index (χ3n) is 5.27. The average Bonchev–Trinajstić information content (AvgIpc) is 2.63. The Labute approximate surface area is 159 Å². The van der Waals surface area contributed by atoms with Crippen LogP contribution in [-0.2, 0) is 9.59 Å². The van der Waals surface area contributed by atoms with Gasteiger partial charge >= 0.3 is 0 Å². The van der Waals surface area contributed by atoms with Crippen molar-refractivity contribution < 1.29 is 9.59 Å². The summed E-state index contributed by atoms with van der Waals surface area (Å²) in [6.45, 7) is 6.30. The fourth-order valence-electron chi connectivity index (χ4n) is 3.82. The summed E-state index contributed by atoms with van der Waals surface area (Å²) < 4.78 is 0. The summed E-state index contributed by atoms with van der Waals surface area (Å²) in [6, 6.07) is 4.90. The second-order valence-corrected chi connectivity index (χ2v) is 8.13. The minimum Gasteiger partial charge on any atom is -0.355 e. The molecule has 1 N–H and O–H groups in total. The fourth-order valence-corrected chi connectivity index (χ4v) is 4.70. The van der Waals surface area contributed by atoms with Crippen LogP contribution >= 0.6 is 11.8 Å². The van der Waals surface area contributed by atoms with Crippen molar-refractivity contribution in [3.05, 3.63) is 18.3 Å². The number of carbonyl (C=O) groups excluding carboxylic acids is 2. The van der Waals surface area contributed by atoms with Gasteiger partial charge in [0.15, 0.2) is 0 Å². The zero-order chi connectivity index (χ0) is 18.5. The van der Waals surface area contributed by atoms with E-state index < -0.39 is 0 Å². The first-order valence-electron chi connectivity index (χ1n) is 9.47. The van der Waals surface area contributed by atoms with Crippen LogP contribution in [0.1, 0.15) is 39.5 Å². The van der Waals surface area contributed by atoms with E-state index in [1.165, 1.54) is 31.0 Å². The maximum atomic E-state index is 12.3. The predicted octanol–water partition coefficient (Wildman–Crippen LogP) is 2.29. The quantitative estimate of drug-likeness (QED) is 0.772. The number of thioether (sulfide) groups is 1. The molecular formula is C19H28N4O2S. The highest BCUT2D eigenvalue weighted by molar-refractivity contribution is 8.00. The molecule has 142 valence electrons. The fraction of sp³-hybridized carbons (Fsp3) is 0.632. The number of fused-ring (bicyclic) bond motifs is 1. The summed E-state index contributed by atoms with van der Waals surface area (Å²) in [5.41, 5.74) is 0.736. The highest BCUT2D eigenvalue weighted by Crippen LogP contribution is 2.32. The molecule has 6 nitrogen and oxygen atoms in total. The predicted molar refractivity (Wildman–Crippen MR) is 104 cm³/mol. The van der Waals surface area contributed by atoms with E-state index in [-0.39, 0.29) is 18.4 Å². The largest absolute Gasteiger partial charge is 0.355 e. The van der Waals surface area contributed by atoms with Crippen molar-refractivity contribution in [3.63, 3.8) is 0 Å². The van der Waals surface area contributed by atoms with Crippen LogP contribution in [0.2, 0.25) is 0 Å². The number of likely N-dealkylation sites (tertiary alicyclic amines) is 1. The first-order chi connectivity index (χ1) is 12.6. The molecule has 0 bridgehead atoms. The Morgan fingerprint density at radius 2 is 2.12 bits per heavy atom. The average molecular weight is 377 g/mol. The lowest BCUT2D eigenvalue weighted by atomic mass is 9.97. The Bertz CT molecular complexity index is 644. The van der Waals surface area contributed by atoms with E-state index in [1.807, 2.05) is 6.07 Å². The van der Waals surface area contributed by atoms with Crippen LogP contribution in [0, 0.1) is 0 Å². The van der Waals surface area contributed by atoms with E-state index in [9.17, 15) is 9.59 Å². The first-order valence-corrected chi connectivity index (χ1v) is 10.5. The molecule has 3 rings (SSSR count). The number of carbonyl (C=O) groups is 2. The number of nitrogens with zero attached hydrogens (tertiary/aromatic N) is 3. The molecule has 0 radical (unpaired) electrons. The van der Waals surface area contributed by atoms with Crippen molar-refractivity contribution in [3.8, 4) is 0 Å². The zero-order valence-corrected chi connectivity index (χ0v) is 16.4. The van der Waals surface area contributed by atoms with E-state index in [0.29, 0.717) is 24.4 Å². The van der Waals surface area contributed by atoms with Crippen LogP contribution in [0.15, 0.2) is 23.4 Å². The van der Waals surface area contributed by atoms with E-state index in [2.05, 4.69) is 29.0 Å². The topological polar surface area (TPSA) is 65.5 Å². The standard InChI is InChI=1S/C19H28N4O2S/c1-14-6-3-7-15(2)22(14)11-5-10-20-17(24)12-23-16-8-4-9-21-19(16)26-13-18(23)25/h4,8-9,14-15H,3,5-7,10-13H2,1-2H3,(H,20,24)/t14-,15-/m0/s1. The molecule has 2 amide bonds. The van der Waals surface area contributed by atoms with Gasteiger partial charge in [-0.1, -0.05) is 18.2 Å². The number of aromatic nitrogens is 1. The highest BCUT2D eigenvalue weighted by Gasteiger charge is 2.27. The van der Waals surface area contributed by atoms with Crippen LogP contribution in [0.25, 0.3) is 0 Å². The Morgan fingerprint density at radius 3 is 2.88 bits per heavy atom. The Morgan fingerprint density at radius 1 is 1.35 bits per heavy atom. The minimum absolute atomic E-state index is 0.0402. The summed E-state index contributed by atoms with van der Waals surface area (Å²) in [6.07, 6.45) is 6.48. The second-order valence-electron chi connectivity index (χ2n) is 7.17. The lowest BCUT2D eigenvalue weighted by Crippen LogP contribution is -2.46. The molecule has 0 aliphatic carbocycles. The van der Waals surface area contributed by atoms with Crippen LogP contribution in [0.3, 0.4) is 0 Å². The molecule has 3 heterocycles. The van der Waals surface area contributed by atoms with Crippen LogP contribution in [0.5, 0.6) is 0 Å². The Balaban J connectivity index is 1.45. The van der Waals surface area contributed by atoms with Gasteiger partial charge in [-0.2, -0.15) is 0 Å². The van der Waals surface area contributed by atoms with Crippen LogP contribution in [-0.4, -0.2) is 59.2 Å². The molecule has 2 aliphatic heterocycles. The van der Waals surface area contributed by atoms with Crippen molar-refractivity contribution >= 4 is 29.3 Å². The molecule has 1 fully saturated rings. The van der Waals surface area contributed by atoms with E-state index in [0.717, 1.165) is 23.7 Å². The number of nitrogens with one attached hydrogen (secondary N) is 1. The number of pyridine rings is 1. The molecule has 2 aliphatic rings. The van der Waals surface area contributed by atoms with Crippen molar-refractivity contribution in [2.45, 2.75) is 56.6 Å². The van der Waals surface area contributed by atoms with Gasteiger partial charge in [0.2, 0.25) is 11.8 Å². The van der Waals surface area contributed by atoms with Crippen LogP contribution in [0.4, 0.5) is 5.69 Å². The number of hydrogen-bond acceptors (Lipinski definition) is 5. The molecule has 0 spiro atoms. The molecule has 7 heteroatoms. The number of hydrogen-bond donors (Lipinski definition) is 1. The van der Waals surface area contributed by atoms with Crippen molar-refractivity contribution in [2.24, 2.45) is 0 Å².